The fourth-order valence-electron chi connectivity index (χ4n) is 1.65. The molecule has 0 aliphatic heterocycles. The highest BCUT2D eigenvalue weighted by Gasteiger charge is 2.15. The molecule has 0 saturated heterocycles. The molecule has 2 aromatic rings. The quantitative estimate of drug-likeness (QED) is 0.834. The lowest BCUT2D eigenvalue weighted by molar-refractivity contribution is 0.113. The second-order valence-corrected chi connectivity index (χ2v) is 4.79. The van der Waals surface area contributed by atoms with Crippen LogP contribution in [-0.4, -0.2) is 26.2 Å². The molecular weight excluding hydrogens is 248 g/mol. The van der Waals surface area contributed by atoms with Crippen LogP contribution in [0.5, 0.6) is 0 Å². The Kier molecular flexibility index (Phi) is 4.08. The van der Waals surface area contributed by atoms with Crippen molar-refractivity contribution in [3.8, 4) is 5.13 Å². The van der Waals surface area contributed by atoms with Crippen LogP contribution in [-0.2, 0) is 17.6 Å². The summed E-state index contributed by atoms with van der Waals surface area (Å²) in [6.07, 6.45) is 1.78. The number of nitrogens with zero attached hydrogens (tertiary/aromatic N) is 4. The van der Waals surface area contributed by atoms with Crippen LogP contribution in [0.2, 0.25) is 0 Å². The topological polar surface area (TPSA) is 52.8 Å². The number of hydrogen-bond acceptors (Lipinski definition) is 5. The molecule has 0 aromatic carbocycles. The van der Waals surface area contributed by atoms with Gasteiger partial charge in [0, 0.05) is 24.3 Å². The van der Waals surface area contributed by atoms with Crippen molar-refractivity contribution in [3.05, 3.63) is 23.3 Å². The Hall–Kier alpha value is -1.27. The van der Waals surface area contributed by atoms with E-state index >= 15 is 0 Å². The van der Waals surface area contributed by atoms with Crippen LogP contribution in [0.3, 0.4) is 0 Å². The molecule has 0 N–H and O–H groups in total. The number of ether oxygens (including phenoxy) is 1. The van der Waals surface area contributed by atoms with Crippen molar-refractivity contribution in [3.63, 3.8) is 0 Å². The summed E-state index contributed by atoms with van der Waals surface area (Å²) in [5.74, 6) is 0.716. The average Bonchev–Trinajstić information content (AvgIpc) is 3.03. The zero-order valence-electron chi connectivity index (χ0n) is 11.2. The summed E-state index contributed by atoms with van der Waals surface area (Å²) in [6.45, 7) is 6.16. The Morgan fingerprint density at radius 3 is 2.78 bits per heavy atom. The van der Waals surface area contributed by atoms with Crippen molar-refractivity contribution in [2.45, 2.75) is 39.7 Å². The number of rotatable bonds is 5. The molecule has 0 radical (unpaired) electrons. The standard InChI is InChI=1S/C12H18N4OS/c1-5-9-7-10(6-2)16(14-9)12-13-11(15-18-12)8(3)17-4/h7-8H,5-6H2,1-4H3. The third-order valence-electron chi connectivity index (χ3n) is 2.89. The van der Waals surface area contributed by atoms with E-state index in [1.54, 1.807) is 7.11 Å². The van der Waals surface area contributed by atoms with Gasteiger partial charge in [-0.1, -0.05) is 13.8 Å². The Morgan fingerprint density at radius 1 is 1.39 bits per heavy atom. The summed E-state index contributed by atoms with van der Waals surface area (Å²) < 4.78 is 11.4. The van der Waals surface area contributed by atoms with Gasteiger partial charge in [0.1, 0.15) is 6.10 Å². The molecule has 1 unspecified atom stereocenters. The normalized spacial score (nSPS) is 12.9. The second-order valence-electron chi connectivity index (χ2n) is 4.06. The first-order valence-corrected chi connectivity index (χ1v) is 6.91. The first kappa shape index (κ1) is 13.2. The number of aromatic nitrogens is 4. The summed E-state index contributed by atoms with van der Waals surface area (Å²) in [7, 11) is 1.66. The van der Waals surface area contributed by atoms with Gasteiger partial charge in [0.2, 0.25) is 5.13 Å². The predicted molar refractivity (Wildman–Crippen MR) is 71.2 cm³/mol. The summed E-state index contributed by atoms with van der Waals surface area (Å²) in [4.78, 5) is 4.49. The van der Waals surface area contributed by atoms with Crippen molar-refractivity contribution < 1.29 is 4.74 Å². The zero-order valence-corrected chi connectivity index (χ0v) is 12.0. The first-order valence-electron chi connectivity index (χ1n) is 6.14. The number of hydrogen-bond donors (Lipinski definition) is 0. The maximum Gasteiger partial charge on any atom is 0.230 e. The smallest absolute Gasteiger partial charge is 0.230 e. The maximum absolute atomic E-state index is 5.22. The van der Waals surface area contributed by atoms with E-state index in [1.165, 1.54) is 17.2 Å². The van der Waals surface area contributed by atoms with E-state index in [4.69, 9.17) is 4.74 Å². The van der Waals surface area contributed by atoms with Crippen molar-refractivity contribution in [2.75, 3.05) is 7.11 Å². The van der Waals surface area contributed by atoms with Crippen molar-refractivity contribution in [1.29, 1.82) is 0 Å². The highest BCUT2D eigenvalue weighted by molar-refractivity contribution is 7.08. The fraction of sp³-hybridized carbons (Fsp3) is 0.583. The molecule has 6 heteroatoms. The minimum atomic E-state index is -0.0821. The molecule has 2 aromatic heterocycles. The van der Waals surface area contributed by atoms with E-state index in [1.807, 2.05) is 11.6 Å². The molecule has 5 nitrogen and oxygen atoms in total. The maximum atomic E-state index is 5.22. The molecule has 0 spiro atoms. The van der Waals surface area contributed by atoms with Gasteiger partial charge in [0.15, 0.2) is 5.82 Å². The fourth-order valence-corrected chi connectivity index (χ4v) is 2.38. The molecule has 0 bridgehead atoms. The van der Waals surface area contributed by atoms with E-state index in [9.17, 15) is 0 Å². The number of aryl methyl sites for hydroxylation is 2. The third-order valence-corrected chi connectivity index (χ3v) is 3.59. The molecule has 0 fully saturated rings. The third kappa shape index (κ3) is 2.44. The molecule has 0 aliphatic carbocycles. The van der Waals surface area contributed by atoms with E-state index in [0.717, 1.165) is 23.7 Å². The van der Waals surface area contributed by atoms with Gasteiger partial charge in [-0.3, -0.25) is 0 Å². The van der Waals surface area contributed by atoms with Gasteiger partial charge >= 0.3 is 0 Å². The van der Waals surface area contributed by atoms with Gasteiger partial charge < -0.3 is 4.74 Å². The van der Waals surface area contributed by atoms with Crippen molar-refractivity contribution >= 4 is 11.5 Å². The lowest BCUT2D eigenvalue weighted by atomic mass is 10.3. The van der Waals surface area contributed by atoms with Gasteiger partial charge in [0.05, 0.1) is 5.69 Å². The SMILES string of the molecule is CCc1cc(CC)n(-c2nc(C(C)OC)ns2)n1. The summed E-state index contributed by atoms with van der Waals surface area (Å²) in [5.41, 5.74) is 2.25. The van der Waals surface area contributed by atoms with Crippen LogP contribution < -0.4 is 0 Å². The summed E-state index contributed by atoms with van der Waals surface area (Å²) in [6, 6.07) is 2.13. The zero-order chi connectivity index (χ0) is 13.1. The van der Waals surface area contributed by atoms with Crippen LogP contribution in [0.15, 0.2) is 6.07 Å². The lowest BCUT2D eigenvalue weighted by Gasteiger charge is -2.03. The highest BCUT2D eigenvalue weighted by Crippen LogP contribution is 2.19. The van der Waals surface area contributed by atoms with E-state index in [-0.39, 0.29) is 6.10 Å². The minimum Gasteiger partial charge on any atom is -0.374 e. The monoisotopic (exact) mass is 266 g/mol. The lowest BCUT2D eigenvalue weighted by Crippen LogP contribution is -2.03. The second kappa shape index (κ2) is 5.58. The highest BCUT2D eigenvalue weighted by atomic mass is 32.1. The van der Waals surface area contributed by atoms with Crippen molar-refractivity contribution in [2.24, 2.45) is 0 Å². The van der Waals surface area contributed by atoms with Crippen LogP contribution in [0.1, 0.15) is 44.1 Å². The molecular formula is C12H18N4OS. The molecule has 0 aliphatic rings. The Bertz CT molecular complexity index is 520. The molecule has 1 atom stereocenters. The first-order chi connectivity index (χ1) is 8.69. The molecule has 2 rings (SSSR count). The van der Waals surface area contributed by atoms with Gasteiger partial charge in [-0.2, -0.15) is 14.5 Å². The molecule has 18 heavy (non-hydrogen) atoms. The van der Waals surface area contributed by atoms with Gasteiger partial charge in [-0.05, 0) is 25.8 Å². The minimum absolute atomic E-state index is 0.0821. The van der Waals surface area contributed by atoms with Crippen LogP contribution in [0.25, 0.3) is 5.13 Å². The average molecular weight is 266 g/mol. The van der Waals surface area contributed by atoms with Crippen LogP contribution >= 0.6 is 11.5 Å². The summed E-state index contributed by atoms with van der Waals surface area (Å²) in [5, 5.41) is 5.36. The predicted octanol–water partition coefficient (Wildman–Crippen LogP) is 2.56. The van der Waals surface area contributed by atoms with Gasteiger partial charge in [-0.25, -0.2) is 4.68 Å². The molecule has 0 amide bonds. The Labute approximate surface area is 111 Å². The van der Waals surface area contributed by atoms with Gasteiger partial charge in [0.25, 0.3) is 0 Å². The largest absolute Gasteiger partial charge is 0.374 e. The Balaban J connectivity index is 2.36. The van der Waals surface area contributed by atoms with E-state index in [2.05, 4.69) is 34.4 Å². The van der Waals surface area contributed by atoms with E-state index in [0.29, 0.717) is 5.82 Å². The van der Waals surface area contributed by atoms with Crippen LogP contribution in [0, 0.1) is 0 Å². The molecule has 0 saturated carbocycles. The van der Waals surface area contributed by atoms with Crippen molar-refractivity contribution in [1.82, 2.24) is 19.1 Å². The molecule has 98 valence electrons. The van der Waals surface area contributed by atoms with E-state index < -0.39 is 0 Å². The summed E-state index contributed by atoms with van der Waals surface area (Å²) >= 11 is 1.36. The molecule has 2 heterocycles. The Morgan fingerprint density at radius 2 is 2.17 bits per heavy atom. The van der Waals surface area contributed by atoms with Crippen LogP contribution in [0.4, 0.5) is 0 Å². The van der Waals surface area contributed by atoms with Gasteiger partial charge in [-0.15, -0.1) is 0 Å². The number of methoxy groups -OCH3 is 1.